The smallest absolute Gasteiger partial charge is 0.266 e. The van der Waals surface area contributed by atoms with Crippen molar-refractivity contribution in [3.63, 3.8) is 0 Å². The second kappa shape index (κ2) is 6.68. The molecule has 0 aliphatic rings. The van der Waals surface area contributed by atoms with Gasteiger partial charge in [0.25, 0.3) is 15.9 Å². The third-order valence-electron chi connectivity index (χ3n) is 2.77. The molecule has 0 bridgehead atoms. The number of sulfonamides is 1. The molecule has 0 saturated heterocycles. The van der Waals surface area contributed by atoms with E-state index in [0.717, 1.165) is 0 Å². The SMILES string of the molecule is COc1ccc(S(=O)(=O)NC(=O)c2ccc(Br)cc2Cl)cc1. The highest BCUT2D eigenvalue weighted by Gasteiger charge is 2.20. The molecular weight excluding hydrogens is 394 g/mol. The van der Waals surface area contributed by atoms with Crippen molar-refractivity contribution in [3.8, 4) is 5.75 Å². The standard InChI is InChI=1S/C14H11BrClNO4S/c1-21-10-3-5-11(6-4-10)22(19,20)17-14(18)12-7-2-9(15)8-13(12)16/h2-8H,1H3,(H,17,18). The Labute approximate surface area is 141 Å². The molecule has 0 unspecified atom stereocenters. The van der Waals surface area contributed by atoms with E-state index in [9.17, 15) is 13.2 Å². The van der Waals surface area contributed by atoms with Gasteiger partial charge < -0.3 is 4.74 Å². The number of ether oxygens (including phenoxy) is 1. The Bertz CT molecular complexity index is 806. The van der Waals surface area contributed by atoms with Crippen molar-refractivity contribution >= 4 is 43.5 Å². The molecule has 2 aromatic rings. The average molecular weight is 405 g/mol. The van der Waals surface area contributed by atoms with Crippen LogP contribution >= 0.6 is 27.5 Å². The first-order chi connectivity index (χ1) is 10.3. The number of hydrogen-bond donors (Lipinski definition) is 1. The van der Waals surface area contributed by atoms with Crippen LogP contribution in [-0.2, 0) is 10.0 Å². The number of benzene rings is 2. The van der Waals surface area contributed by atoms with Crippen molar-refractivity contribution in [2.75, 3.05) is 7.11 Å². The van der Waals surface area contributed by atoms with Crippen LogP contribution in [0.4, 0.5) is 0 Å². The summed E-state index contributed by atoms with van der Waals surface area (Å²) in [6.45, 7) is 0. The van der Waals surface area contributed by atoms with Crippen LogP contribution in [0.5, 0.6) is 5.75 Å². The van der Waals surface area contributed by atoms with Crippen LogP contribution in [-0.4, -0.2) is 21.4 Å². The summed E-state index contributed by atoms with van der Waals surface area (Å²) in [5, 5.41) is 0.150. The van der Waals surface area contributed by atoms with E-state index < -0.39 is 15.9 Å². The number of hydrogen-bond acceptors (Lipinski definition) is 4. The second-order valence-corrected chi connectivity index (χ2v) is 7.24. The first-order valence-electron chi connectivity index (χ1n) is 6.00. The lowest BCUT2D eigenvalue weighted by atomic mass is 10.2. The molecule has 0 aliphatic heterocycles. The third-order valence-corrected chi connectivity index (χ3v) is 4.93. The molecule has 0 radical (unpaired) electrons. The molecule has 0 aromatic heterocycles. The summed E-state index contributed by atoms with van der Waals surface area (Å²) >= 11 is 9.15. The molecule has 0 saturated carbocycles. The van der Waals surface area contributed by atoms with Crippen LogP contribution in [0.2, 0.25) is 5.02 Å². The molecule has 0 fully saturated rings. The van der Waals surface area contributed by atoms with Gasteiger partial charge >= 0.3 is 0 Å². The number of amides is 1. The lowest BCUT2D eigenvalue weighted by Crippen LogP contribution is -2.30. The topological polar surface area (TPSA) is 72.5 Å². The minimum Gasteiger partial charge on any atom is -0.497 e. The van der Waals surface area contributed by atoms with Gasteiger partial charge in [-0.1, -0.05) is 27.5 Å². The van der Waals surface area contributed by atoms with Crippen molar-refractivity contribution in [2.24, 2.45) is 0 Å². The Kier molecular flexibility index (Phi) is 5.10. The normalized spacial score (nSPS) is 11.0. The number of carbonyl (C=O) groups excluding carboxylic acids is 1. The van der Waals surface area contributed by atoms with E-state index in [4.69, 9.17) is 16.3 Å². The Morgan fingerprint density at radius 3 is 2.36 bits per heavy atom. The van der Waals surface area contributed by atoms with E-state index in [1.54, 1.807) is 6.07 Å². The van der Waals surface area contributed by atoms with Gasteiger partial charge in [-0.25, -0.2) is 13.1 Å². The number of carbonyl (C=O) groups is 1. The van der Waals surface area contributed by atoms with Gasteiger partial charge in [-0.05, 0) is 42.5 Å². The van der Waals surface area contributed by atoms with Crippen LogP contribution in [0.15, 0.2) is 51.8 Å². The Morgan fingerprint density at radius 1 is 1.18 bits per heavy atom. The first-order valence-corrected chi connectivity index (χ1v) is 8.65. The fraction of sp³-hybridized carbons (Fsp3) is 0.0714. The molecule has 5 nitrogen and oxygen atoms in total. The zero-order valence-electron chi connectivity index (χ0n) is 11.3. The van der Waals surface area contributed by atoms with E-state index in [2.05, 4.69) is 15.9 Å². The first kappa shape index (κ1) is 16.8. The fourth-order valence-electron chi connectivity index (χ4n) is 1.66. The summed E-state index contributed by atoms with van der Waals surface area (Å²) < 4.78 is 32.0. The summed E-state index contributed by atoms with van der Waals surface area (Å²) in [7, 11) is -2.51. The summed E-state index contributed by atoms with van der Waals surface area (Å²) in [5.74, 6) is -0.283. The van der Waals surface area contributed by atoms with Crippen LogP contribution in [0.1, 0.15) is 10.4 Å². The van der Waals surface area contributed by atoms with Gasteiger partial charge in [0, 0.05) is 4.47 Å². The van der Waals surface area contributed by atoms with Crippen LogP contribution in [0.3, 0.4) is 0 Å². The quantitative estimate of drug-likeness (QED) is 0.849. The van der Waals surface area contributed by atoms with E-state index >= 15 is 0 Å². The van der Waals surface area contributed by atoms with Crippen molar-refractivity contribution in [1.29, 1.82) is 0 Å². The summed E-state index contributed by atoms with van der Waals surface area (Å²) in [6.07, 6.45) is 0. The number of nitrogens with one attached hydrogen (secondary N) is 1. The van der Waals surface area contributed by atoms with Gasteiger partial charge in [-0.3, -0.25) is 4.79 Å². The number of rotatable bonds is 4. The lowest BCUT2D eigenvalue weighted by Gasteiger charge is -2.09. The number of methoxy groups -OCH3 is 1. The van der Waals surface area contributed by atoms with Crippen LogP contribution in [0.25, 0.3) is 0 Å². The predicted octanol–water partition coefficient (Wildman–Crippen LogP) is 3.23. The Balaban J connectivity index is 2.25. The molecule has 22 heavy (non-hydrogen) atoms. The zero-order chi connectivity index (χ0) is 16.3. The summed E-state index contributed by atoms with van der Waals surface area (Å²) in [6, 6.07) is 10.2. The molecular formula is C14H11BrClNO4S. The molecule has 8 heteroatoms. The highest BCUT2D eigenvalue weighted by Crippen LogP contribution is 2.22. The van der Waals surface area contributed by atoms with E-state index in [0.29, 0.717) is 10.2 Å². The molecule has 2 aromatic carbocycles. The summed E-state index contributed by atoms with van der Waals surface area (Å²) in [4.78, 5) is 12.0. The third kappa shape index (κ3) is 3.79. The monoisotopic (exact) mass is 403 g/mol. The van der Waals surface area contributed by atoms with Gasteiger partial charge in [0.2, 0.25) is 0 Å². The molecule has 1 N–H and O–H groups in total. The van der Waals surface area contributed by atoms with Crippen molar-refractivity contribution in [2.45, 2.75) is 4.90 Å². The van der Waals surface area contributed by atoms with Crippen LogP contribution in [0, 0.1) is 0 Å². The van der Waals surface area contributed by atoms with E-state index in [1.165, 1.54) is 43.5 Å². The maximum absolute atomic E-state index is 12.2. The molecule has 0 heterocycles. The van der Waals surface area contributed by atoms with Gasteiger partial charge in [0.05, 0.1) is 22.6 Å². The highest BCUT2D eigenvalue weighted by atomic mass is 79.9. The molecule has 0 aliphatic carbocycles. The predicted molar refractivity (Wildman–Crippen MR) is 86.8 cm³/mol. The molecule has 2 rings (SSSR count). The van der Waals surface area contributed by atoms with Gasteiger partial charge in [-0.15, -0.1) is 0 Å². The zero-order valence-corrected chi connectivity index (χ0v) is 14.5. The minimum absolute atomic E-state index is 0.0464. The highest BCUT2D eigenvalue weighted by molar-refractivity contribution is 9.10. The van der Waals surface area contributed by atoms with Crippen molar-refractivity contribution in [3.05, 3.63) is 57.5 Å². The molecule has 0 spiro atoms. The van der Waals surface area contributed by atoms with E-state index in [1.807, 2.05) is 4.72 Å². The summed E-state index contributed by atoms with van der Waals surface area (Å²) in [5.41, 5.74) is 0.0713. The van der Waals surface area contributed by atoms with Gasteiger partial charge in [0.1, 0.15) is 5.75 Å². The molecule has 0 atom stereocenters. The van der Waals surface area contributed by atoms with Crippen molar-refractivity contribution in [1.82, 2.24) is 4.72 Å². The minimum atomic E-state index is -3.98. The second-order valence-electron chi connectivity index (χ2n) is 4.23. The lowest BCUT2D eigenvalue weighted by molar-refractivity contribution is 0.0981. The maximum Gasteiger partial charge on any atom is 0.266 e. The number of halogens is 2. The van der Waals surface area contributed by atoms with Crippen LogP contribution < -0.4 is 9.46 Å². The Hall–Kier alpha value is -1.57. The fourth-order valence-corrected chi connectivity index (χ4v) is 3.39. The molecule has 1 amide bonds. The van der Waals surface area contributed by atoms with E-state index in [-0.39, 0.29) is 15.5 Å². The van der Waals surface area contributed by atoms with Crippen molar-refractivity contribution < 1.29 is 17.9 Å². The molecule has 116 valence electrons. The Morgan fingerprint density at radius 2 is 1.82 bits per heavy atom. The van der Waals surface area contributed by atoms with Gasteiger partial charge in [-0.2, -0.15) is 0 Å². The average Bonchev–Trinajstić information content (AvgIpc) is 2.46. The largest absolute Gasteiger partial charge is 0.497 e. The van der Waals surface area contributed by atoms with Gasteiger partial charge in [0.15, 0.2) is 0 Å². The maximum atomic E-state index is 12.2.